The number of nitrogens with zero attached hydrogens (tertiary/aromatic N) is 2. The van der Waals surface area contributed by atoms with Crippen molar-refractivity contribution in [3.8, 4) is 11.1 Å². The van der Waals surface area contributed by atoms with Gasteiger partial charge in [-0.3, -0.25) is 14.4 Å². The van der Waals surface area contributed by atoms with E-state index in [0.29, 0.717) is 5.69 Å². The van der Waals surface area contributed by atoms with Crippen LogP contribution in [0.25, 0.3) is 11.1 Å². The second-order valence-electron chi connectivity index (χ2n) is 8.94. The van der Waals surface area contributed by atoms with Gasteiger partial charge in [0.2, 0.25) is 5.91 Å². The molecular formula is C30H24N2O3. The minimum Gasteiger partial charge on any atom is -0.273 e. The van der Waals surface area contributed by atoms with Crippen molar-refractivity contribution >= 4 is 23.2 Å². The van der Waals surface area contributed by atoms with E-state index in [4.69, 9.17) is 4.84 Å². The average Bonchev–Trinajstić information content (AvgIpc) is 3.41. The Labute approximate surface area is 204 Å². The van der Waals surface area contributed by atoms with Gasteiger partial charge in [-0.15, -0.1) is 0 Å². The Morgan fingerprint density at radius 3 is 2.03 bits per heavy atom. The SMILES string of the molecule is Cc1ccccc1[C@H]1[C@@H]2C(=O)N(c3cccc(-c4ccccc4)c3)C(=O)[C@H]2ON1c1ccccc1. The number of hydrogen-bond donors (Lipinski definition) is 0. The van der Waals surface area contributed by atoms with Gasteiger partial charge in [-0.05, 0) is 53.4 Å². The maximum atomic E-state index is 13.9. The molecule has 0 saturated carbocycles. The van der Waals surface area contributed by atoms with Crippen LogP contribution in [-0.4, -0.2) is 17.9 Å². The minimum absolute atomic E-state index is 0.239. The van der Waals surface area contributed by atoms with Gasteiger partial charge < -0.3 is 0 Å². The molecule has 0 N–H and O–H groups in total. The van der Waals surface area contributed by atoms with Crippen molar-refractivity contribution in [2.75, 3.05) is 9.96 Å². The smallest absolute Gasteiger partial charge is 0.266 e. The average molecular weight is 461 g/mol. The topological polar surface area (TPSA) is 49.9 Å². The van der Waals surface area contributed by atoms with Crippen LogP contribution in [0.2, 0.25) is 0 Å². The number of hydroxylamine groups is 1. The van der Waals surface area contributed by atoms with Crippen molar-refractivity contribution in [1.82, 2.24) is 0 Å². The second kappa shape index (κ2) is 8.53. The molecule has 4 aromatic rings. The maximum Gasteiger partial charge on any atom is 0.266 e. The molecule has 0 spiro atoms. The molecule has 4 aromatic carbocycles. The number of aryl methyl sites for hydroxylation is 1. The summed E-state index contributed by atoms with van der Waals surface area (Å²) in [5, 5.41) is 1.74. The highest BCUT2D eigenvalue weighted by Gasteiger charge is 2.60. The first-order chi connectivity index (χ1) is 17.1. The highest BCUT2D eigenvalue weighted by atomic mass is 16.7. The number of carbonyl (C=O) groups is 2. The molecule has 0 bridgehead atoms. The van der Waals surface area contributed by atoms with Crippen LogP contribution in [0.1, 0.15) is 17.2 Å². The number of anilines is 2. The van der Waals surface area contributed by atoms with E-state index in [9.17, 15) is 9.59 Å². The summed E-state index contributed by atoms with van der Waals surface area (Å²) in [6, 6.07) is 34.7. The first-order valence-corrected chi connectivity index (χ1v) is 11.7. The largest absolute Gasteiger partial charge is 0.273 e. The molecule has 2 aliphatic heterocycles. The zero-order valence-electron chi connectivity index (χ0n) is 19.2. The second-order valence-corrected chi connectivity index (χ2v) is 8.94. The van der Waals surface area contributed by atoms with Crippen molar-refractivity contribution in [1.29, 1.82) is 0 Å². The summed E-state index contributed by atoms with van der Waals surface area (Å²) in [7, 11) is 0. The van der Waals surface area contributed by atoms with E-state index in [1.807, 2.05) is 110 Å². The lowest BCUT2D eigenvalue weighted by Gasteiger charge is -2.29. The fraction of sp³-hybridized carbons (Fsp3) is 0.133. The van der Waals surface area contributed by atoms with Gasteiger partial charge in [0, 0.05) is 0 Å². The molecule has 0 unspecified atom stereocenters. The molecular weight excluding hydrogens is 436 g/mol. The Morgan fingerprint density at radius 1 is 0.657 bits per heavy atom. The highest BCUT2D eigenvalue weighted by molar-refractivity contribution is 6.24. The highest BCUT2D eigenvalue weighted by Crippen LogP contribution is 2.48. The number of amides is 2. The van der Waals surface area contributed by atoms with Gasteiger partial charge in [-0.25, -0.2) is 9.96 Å². The van der Waals surface area contributed by atoms with E-state index in [-0.39, 0.29) is 11.8 Å². The third-order valence-corrected chi connectivity index (χ3v) is 6.84. The number of hydrogen-bond acceptors (Lipinski definition) is 4. The first kappa shape index (κ1) is 21.3. The van der Waals surface area contributed by atoms with Crippen molar-refractivity contribution in [3.05, 3.63) is 120 Å². The summed E-state index contributed by atoms with van der Waals surface area (Å²) in [5.74, 6) is -1.22. The normalized spacial score (nSPS) is 21.5. The summed E-state index contributed by atoms with van der Waals surface area (Å²) in [6.07, 6.45) is -0.882. The van der Waals surface area contributed by atoms with Crippen LogP contribution < -0.4 is 9.96 Å². The molecule has 2 fully saturated rings. The first-order valence-electron chi connectivity index (χ1n) is 11.7. The minimum atomic E-state index is -0.882. The molecule has 2 heterocycles. The van der Waals surface area contributed by atoms with Gasteiger partial charge in [0.15, 0.2) is 6.10 Å². The molecule has 0 aliphatic carbocycles. The zero-order valence-corrected chi connectivity index (χ0v) is 19.2. The Hall–Kier alpha value is -4.22. The van der Waals surface area contributed by atoms with Gasteiger partial charge in [-0.1, -0.05) is 84.9 Å². The lowest BCUT2D eigenvalue weighted by molar-refractivity contribution is -0.126. The molecule has 3 atom stereocenters. The molecule has 35 heavy (non-hydrogen) atoms. The number of para-hydroxylation sites is 1. The standard InChI is InChI=1S/C30H24N2O3/c1-20-11-8-9-18-25(20)27-26-28(35-32(27)23-15-6-3-7-16-23)30(34)31(29(26)33)24-17-10-14-22(19-24)21-12-4-2-5-13-21/h2-19,26-28H,1H3/t26-,27-,28-/m0/s1. The van der Waals surface area contributed by atoms with Crippen molar-refractivity contribution < 1.29 is 14.4 Å². The van der Waals surface area contributed by atoms with Gasteiger partial charge in [-0.2, -0.15) is 0 Å². The number of carbonyl (C=O) groups excluding carboxylic acids is 2. The molecule has 172 valence electrons. The molecule has 5 heteroatoms. The van der Waals surface area contributed by atoms with E-state index in [2.05, 4.69) is 0 Å². The van der Waals surface area contributed by atoms with E-state index in [1.165, 1.54) is 4.90 Å². The van der Waals surface area contributed by atoms with Crippen LogP contribution in [0, 0.1) is 12.8 Å². The van der Waals surface area contributed by atoms with Crippen LogP contribution in [0.5, 0.6) is 0 Å². The molecule has 2 amide bonds. The fourth-order valence-electron chi connectivity index (χ4n) is 5.16. The molecule has 0 radical (unpaired) electrons. The van der Waals surface area contributed by atoms with Crippen LogP contribution in [0.4, 0.5) is 11.4 Å². The third-order valence-electron chi connectivity index (χ3n) is 6.84. The van der Waals surface area contributed by atoms with E-state index < -0.39 is 18.1 Å². The number of fused-ring (bicyclic) bond motifs is 1. The molecule has 6 rings (SSSR count). The lowest BCUT2D eigenvalue weighted by atomic mass is 9.88. The Bertz CT molecular complexity index is 1400. The predicted molar refractivity (Wildman–Crippen MR) is 136 cm³/mol. The van der Waals surface area contributed by atoms with Gasteiger partial charge in [0.25, 0.3) is 5.91 Å². The third kappa shape index (κ3) is 3.52. The fourth-order valence-corrected chi connectivity index (χ4v) is 5.16. The van der Waals surface area contributed by atoms with Crippen molar-refractivity contribution in [2.45, 2.75) is 19.1 Å². The zero-order chi connectivity index (χ0) is 23.9. The van der Waals surface area contributed by atoms with E-state index in [0.717, 1.165) is 27.9 Å². The van der Waals surface area contributed by atoms with Crippen LogP contribution in [0.15, 0.2) is 109 Å². The van der Waals surface area contributed by atoms with Gasteiger partial charge in [0.05, 0.1) is 17.4 Å². The summed E-state index contributed by atoms with van der Waals surface area (Å²) >= 11 is 0. The quantitative estimate of drug-likeness (QED) is 0.366. The summed E-state index contributed by atoms with van der Waals surface area (Å²) in [6.45, 7) is 2.02. The van der Waals surface area contributed by atoms with Crippen molar-refractivity contribution in [2.24, 2.45) is 5.92 Å². The maximum absolute atomic E-state index is 13.9. The Kier molecular flexibility index (Phi) is 5.20. The number of benzene rings is 4. The molecule has 2 saturated heterocycles. The summed E-state index contributed by atoms with van der Waals surface area (Å²) < 4.78 is 0. The van der Waals surface area contributed by atoms with Crippen molar-refractivity contribution in [3.63, 3.8) is 0 Å². The monoisotopic (exact) mass is 460 g/mol. The van der Waals surface area contributed by atoms with E-state index in [1.54, 1.807) is 11.1 Å². The summed E-state index contributed by atoms with van der Waals surface area (Å²) in [4.78, 5) is 35.1. The molecule has 2 aliphatic rings. The van der Waals surface area contributed by atoms with Gasteiger partial charge in [0.1, 0.15) is 5.92 Å². The molecule has 0 aromatic heterocycles. The van der Waals surface area contributed by atoms with E-state index >= 15 is 0 Å². The number of imide groups is 1. The van der Waals surface area contributed by atoms with Crippen LogP contribution in [0.3, 0.4) is 0 Å². The lowest BCUT2D eigenvalue weighted by Crippen LogP contribution is -2.37. The predicted octanol–water partition coefficient (Wildman–Crippen LogP) is 5.71. The van der Waals surface area contributed by atoms with Crippen LogP contribution >= 0.6 is 0 Å². The molecule has 5 nitrogen and oxygen atoms in total. The Balaban J connectivity index is 1.41. The van der Waals surface area contributed by atoms with Crippen LogP contribution in [-0.2, 0) is 14.4 Å². The number of rotatable bonds is 4. The summed E-state index contributed by atoms with van der Waals surface area (Å²) in [5.41, 5.74) is 5.38. The van der Waals surface area contributed by atoms with Gasteiger partial charge >= 0.3 is 0 Å². The Morgan fingerprint density at radius 2 is 1.29 bits per heavy atom.